The summed E-state index contributed by atoms with van der Waals surface area (Å²) in [5.41, 5.74) is 2.98. The zero-order valence-electron chi connectivity index (χ0n) is 14.7. The van der Waals surface area contributed by atoms with Crippen LogP contribution in [0, 0.1) is 6.92 Å². The number of aryl methyl sites for hydroxylation is 2. The van der Waals surface area contributed by atoms with Gasteiger partial charge in [-0.2, -0.15) is 5.10 Å². The van der Waals surface area contributed by atoms with Crippen LogP contribution < -0.4 is 10.9 Å². The lowest BCUT2D eigenvalue weighted by Crippen LogP contribution is -2.33. The Hall–Kier alpha value is -3.28. The summed E-state index contributed by atoms with van der Waals surface area (Å²) < 4.78 is 1.14. The molecule has 1 aromatic carbocycles. The van der Waals surface area contributed by atoms with E-state index in [1.54, 1.807) is 6.20 Å². The first-order valence-corrected chi connectivity index (χ1v) is 8.34. The standard InChI is InChI=1S/C20H20N4O2/c1-14-6-8-15(9-7-14)13-18(16-5-3-4-12-21-16)22-20(26)17-10-11-19(25)24(2)23-17/h3-12,18H,13H2,1-2H3,(H,22,26). The molecule has 0 saturated carbocycles. The minimum atomic E-state index is -0.344. The second-order valence-electron chi connectivity index (χ2n) is 6.15. The predicted molar refractivity (Wildman–Crippen MR) is 98.8 cm³/mol. The van der Waals surface area contributed by atoms with E-state index >= 15 is 0 Å². The van der Waals surface area contributed by atoms with E-state index in [2.05, 4.69) is 15.4 Å². The Labute approximate surface area is 151 Å². The number of hydrogen-bond acceptors (Lipinski definition) is 4. The van der Waals surface area contributed by atoms with Gasteiger partial charge in [-0.3, -0.25) is 14.6 Å². The van der Waals surface area contributed by atoms with E-state index in [9.17, 15) is 9.59 Å². The van der Waals surface area contributed by atoms with Gasteiger partial charge in [-0.1, -0.05) is 35.9 Å². The van der Waals surface area contributed by atoms with Gasteiger partial charge in [0.1, 0.15) is 5.69 Å². The molecule has 0 aliphatic rings. The molecule has 1 amide bonds. The predicted octanol–water partition coefficient (Wildman–Crippen LogP) is 2.20. The molecule has 1 atom stereocenters. The van der Waals surface area contributed by atoms with Crippen LogP contribution in [0.4, 0.5) is 0 Å². The average Bonchev–Trinajstić information content (AvgIpc) is 2.66. The number of carbonyl (C=O) groups is 1. The van der Waals surface area contributed by atoms with Gasteiger partial charge in [0.25, 0.3) is 11.5 Å². The van der Waals surface area contributed by atoms with Crippen molar-refractivity contribution in [1.82, 2.24) is 20.1 Å². The summed E-state index contributed by atoms with van der Waals surface area (Å²) in [6, 6.07) is 16.2. The summed E-state index contributed by atoms with van der Waals surface area (Å²) in [6.45, 7) is 2.03. The highest BCUT2D eigenvalue weighted by molar-refractivity contribution is 5.92. The molecule has 3 rings (SSSR count). The third kappa shape index (κ3) is 4.22. The van der Waals surface area contributed by atoms with Crippen LogP contribution in [0.15, 0.2) is 65.6 Å². The molecule has 0 fully saturated rings. The Morgan fingerprint density at radius 2 is 1.88 bits per heavy atom. The number of hydrogen-bond donors (Lipinski definition) is 1. The lowest BCUT2D eigenvalue weighted by molar-refractivity contribution is 0.0928. The first kappa shape index (κ1) is 17.5. The van der Waals surface area contributed by atoms with E-state index in [0.717, 1.165) is 15.9 Å². The molecule has 3 aromatic rings. The Morgan fingerprint density at radius 3 is 2.54 bits per heavy atom. The van der Waals surface area contributed by atoms with Crippen molar-refractivity contribution in [3.05, 3.63) is 93.7 Å². The minimum Gasteiger partial charge on any atom is -0.342 e. The summed E-state index contributed by atoms with van der Waals surface area (Å²) >= 11 is 0. The molecular weight excluding hydrogens is 328 g/mol. The molecule has 0 spiro atoms. The van der Waals surface area contributed by atoms with Crippen molar-refractivity contribution < 1.29 is 4.79 Å². The van der Waals surface area contributed by atoms with Gasteiger partial charge in [0, 0.05) is 19.3 Å². The number of aromatic nitrogens is 3. The Kier molecular flexibility index (Phi) is 5.22. The van der Waals surface area contributed by atoms with Crippen molar-refractivity contribution in [3.63, 3.8) is 0 Å². The first-order valence-electron chi connectivity index (χ1n) is 8.34. The third-order valence-electron chi connectivity index (χ3n) is 4.10. The summed E-state index contributed by atoms with van der Waals surface area (Å²) in [7, 11) is 1.52. The summed E-state index contributed by atoms with van der Waals surface area (Å²) in [5.74, 6) is -0.344. The molecule has 6 nitrogen and oxygen atoms in total. The molecule has 0 bridgehead atoms. The number of amides is 1. The molecule has 0 saturated heterocycles. The second-order valence-corrected chi connectivity index (χ2v) is 6.15. The van der Waals surface area contributed by atoms with Crippen molar-refractivity contribution in [2.45, 2.75) is 19.4 Å². The van der Waals surface area contributed by atoms with Crippen molar-refractivity contribution in [2.24, 2.45) is 7.05 Å². The van der Waals surface area contributed by atoms with Gasteiger partial charge >= 0.3 is 0 Å². The highest BCUT2D eigenvalue weighted by Crippen LogP contribution is 2.17. The quantitative estimate of drug-likeness (QED) is 0.767. The van der Waals surface area contributed by atoms with Gasteiger partial charge < -0.3 is 5.32 Å². The number of pyridine rings is 1. The van der Waals surface area contributed by atoms with Crippen LogP contribution in [-0.4, -0.2) is 20.7 Å². The van der Waals surface area contributed by atoms with Crippen molar-refractivity contribution in [3.8, 4) is 0 Å². The van der Waals surface area contributed by atoms with Crippen LogP contribution >= 0.6 is 0 Å². The highest BCUT2D eigenvalue weighted by Gasteiger charge is 2.18. The molecule has 26 heavy (non-hydrogen) atoms. The summed E-state index contributed by atoms with van der Waals surface area (Å²) in [5, 5.41) is 6.99. The fourth-order valence-electron chi connectivity index (χ4n) is 2.63. The van der Waals surface area contributed by atoms with Crippen LogP contribution in [0.3, 0.4) is 0 Å². The smallest absolute Gasteiger partial charge is 0.272 e. The highest BCUT2D eigenvalue weighted by atomic mass is 16.2. The van der Waals surface area contributed by atoms with Gasteiger partial charge in [0.15, 0.2) is 0 Å². The van der Waals surface area contributed by atoms with Crippen LogP contribution in [0.1, 0.15) is 33.4 Å². The summed E-state index contributed by atoms with van der Waals surface area (Å²) in [4.78, 5) is 28.5. The van der Waals surface area contributed by atoms with Crippen LogP contribution in [0.2, 0.25) is 0 Å². The number of nitrogens with zero attached hydrogens (tertiary/aromatic N) is 3. The molecule has 1 N–H and O–H groups in total. The van der Waals surface area contributed by atoms with Gasteiger partial charge in [-0.15, -0.1) is 0 Å². The van der Waals surface area contributed by atoms with E-state index in [1.807, 2.05) is 49.4 Å². The molecule has 1 unspecified atom stereocenters. The van der Waals surface area contributed by atoms with Gasteiger partial charge in [0.2, 0.25) is 0 Å². The third-order valence-corrected chi connectivity index (χ3v) is 4.10. The Bertz CT molecular complexity index is 950. The van der Waals surface area contributed by atoms with E-state index < -0.39 is 0 Å². The fraction of sp³-hybridized carbons (Fsp3) is 0.200. The lowest BCUT2D eigenvalue weighted by atomic mass is 10.0. The van der Waals surface area contributed by atoms with Gasteiger partial charge in [-0.05, 0) is 37.1 Å². The maximum absolute atomic E-state index is 12.6. The second kappa shape index (κ2) is 7.74. The number of nitrogens with one attached hydrogen (secondary N) is 1. The largest absolute Gasteiger partial charge is 0.342 e. The van der Waals surface area contributed by atoms with E-state index in [1.165, 1.54) is 24.7 Å². The van der Waals surface area contributed by atoms with E-state index in [0.29, 0.717) is 6.42 Å². The normalized spacial score (nSPS) is 11.8. The minimum absolute atomic E-state index is 0.192. The monoisotopic (exact) mass is 348 g/mol. The van der Waals surface area contributed by atoms with Gasteiger partial charge in [0.05, 0.1) is 11.7 Å². The molecule has 2 aromatic heterocycles. The number of benzene rings is 1. The lowest BCUT2D eigenvalue weighted by Gasteiger charge is -2.18. The fourth-order valence-corrected chi connectivity index (χ4v) is 2.63. The van der Waals surface area contributed by atoms with Crippen molar-refractivity contribution >= 4 is 5.91 Å². The van der Waals surface area contributed by atoms with E-state index in [-0.39, 0.29) is 23.2 Å². The van der Waals surface area contributed by atoms with Crippen LogP contribution in [-0.2, 0) is 13.5 Å². The average molecular weight is 348 g/mol. The Morgan fingerprint density at radius 1 is 1.12 bits per heavy atom. The molecule has 6 heteroatoms. The van der Waals surface area contributed by atoms with Crippen LogP contribution in [0.25, 0.3) is 0 Å². The molecule has 132 valence electrons. The molecule has 0 aliphatic heterocycles. The molecule has 2 heterocycles. The molecular formula is C20H20N4O2. The number of rotatable bonds is 5. The zero-order chi connectivity index (χ0) is 18.5. The number of carbonyl (C=O) groups excluding carboxylic acids is 1. The Balaban J connectivity index is 1.85. The van der Waals surface area contributed by atoms with Crippen molar-refractivity contribution in [2.75, 3.05) is 0 Å². The maximum Gasteiger partial charge on any atom is 0.272 e. The topological polar surface area (TPSA) is 76.9 Å². The SMILES string of the molecule is Cc1ccc(CC(NC(=O)c2ccc(=O)n(C)n2)c2ccccn2)cc1. The van der Waals surface area contributed by atoms with E-state index in [4.69, 9.17) is 0 Å². The van der Waals surface area contributed by atoms with Crippen molar-refractivity contribution in [1.29, 1.82) is 0 Å². The zero-order valence-corrected chi connectivity index (χ0v) is 14.7. The maximum atomic E-state index is 12.6. The van der Waals surface area contributed by atoms with Crippen LogP contribution in [0.5, 0.6) is 0 Å². The first-order chi connectivity index (χ1) is 12.5. The summed E-state index contributed by atoms with van der Waals surface area (Å²) in [6.07, 6.45) is 2.31. The molecule has 0 radical (unpaired) electrons. The van der Waals surface area contributed by atoms with Gasteiger partial charge in [-0.25, -0.2) is 4.68 Å². The molecule has 0 aliphatic carbocycles.